The second-order valence-corrected chi connectivity index (χ2v) is 10.9. The lowest BCUT2D eigenvalue weighted by Gasteiger charge is -2.21. The van der Waals surface area contributed by atoms with E-state index < -0.39 is 81.5 Å². The molecule has 0 amide bonds. The molecule has 0 aliphatic carbocycles. The van der Waals surface area contributed by atoms with Crippen LogP contribution < -0.4 is 18.9 Å². The molecular formula is C36H28F6O8. The molecule has 3 rings (SSSR count). The van der Waals surface area contributed by atoms with Crippen molar-refractivity contribution in [1.29, 1.82) is 0 Å². The SMILES string of the molecule is C=C(C)C(=O)Oc1ccc(-c2cc(OC(=O)C(=C)C)c(-c3ccc(OC(=O)C(=C)C)c(C(F)(F)F)c3)cc2OC(=O)C(=C)C)c(C(F)(F)F)c1. The molecule has 0 aliphatic rings. The minimum Gasteiger partial charge on any atom is -0.423 e. The Balaban J connectivity index is 2.45. The first-order chi connectivity index (χ1) is 23.0. The van der Waals surface area contributed by atoms with Crippen LogP contribution in [-0.2, 0) is 31.5 Å². The Kier molecular flexibility index (Phi) is 11.3. The van der Waals surface area contributed by atoms with Gasteiger partial charge in [0.2, 0.25) is 0 Å². The maximum atomic E-state index is 14.5. The van der Waals surface area contributed by atoms with E-state index in [1.165, 1.54) is 27.7 Å². The van der Waals surface area contributed by atoms with Gasteiger partial charge in [-0.3, -0.25) is 0 Å². The monoisotopic (exact) mass is 702 g/mol. The summed E-state index contributed by atoms with van der Waals surface area (Å²) in [6, 6.07) is 6.49. The summed E-state index contributed by atoms with van der Waals surface area (Å²) in [6.07, 6.45) is -10.2. The number of benzene rings is 3. The van der Waals surface area contributed by atoms with Crippen molar-refractivity contribution in [2.24, 2.45) is 0 Å². The molecule has 0 unspecified atom stereocenters. The van der Waals surface area contributed by atoms with E-state index in [2.05, 4.69) is 26.3 Å². The lowest BCUT2D eigenvalue weighted by molar-refractivity contribution is -0.141. The summed E-state index contributed by atoms with van der Waals surface area (Å²) < 4.78 is 107. The Morgan fingerprint density at radius 3 is 1.36 bits per heavy atom. The van der Waals surface area contributed by atoms with E-state index in [1.54, 1.807) is 0 Å². The van der Waals surface area contributed by atoms with E-state index >= 15 is 0 Å². The van der Waals surface area contributed by atoms with Crippen LogP contribution in [0.25, 0.3) is 22.3 Å². The molecule has 0 aliphatic heterocycles. The maximum absolute atomic E-state index is 14.5. The summed E-state index contributed by atoms with van der Waals surface area (Å²) in [5, 5.41) is 0. The van der Waals surface area contributed by atoms with Crippen molar-refractivity contribution in [2.75, 3.05) is 0 Å². The van der Waals surface area contributed by atoms with Crippen LogP contribution in [0.5, 0.6) is 23.0 Å². The van der Waals surface area contributed by atoms with Gasteiger partial charge in [0.05, 0.1) is 11.1 Å². The van der Waals surface area contributed by atoms with Gasteiger partial charge in [0, 0.05) is 33.4 Å². The number of alkyl halides is 6. The van der Waals surface area contributed by atoms with Crippen LogP contribution >= 0.6 is 0 Å². The number of esters is 4. The van der Waals surface area contributed by atoms with Gasteiger partial charge >= 0.3 is 36.2 Å². The van der Waals surface area contributed by atoms with Gasteiger partial charge in [-0.15, -0.1) is 0 Å². The van der Waals surface area contributed by atoms with Crippen molar-refractivity contribution >= 4 is 23.9 Å². The van der Waals surface area contributed by atoms with E-state index in [9.17, 15) is 45.5 Å². The largest absolute Gasteiger partial charge is 0.423 e. The third-order valence-corrected chi connectivity index (χ3v) is 6.48. The molecule has 0 radical (unpaired) electrons. The number of rotatable bonds is 10. The van der Waals surface area contributed by atoms with Gasteiger partial charge in [-0.1, -0.05) is 32.4 Å². The fourth-order valence-corrected chi connectivity index (χ4v) is 3.98. The minimum absolute atomic E-state index is 0.105. The van der Waals surface area contributed by atoms with E-state index in [0.29, 0.717) is 12.1 Å². The molecule has 3 aromatic rings. The molecule has 0 atom stereocenters. The van der Waals surface area contributed by atoms with Crippen molar-refractivity contribution in [1.82, 2.24) is 0 Å². The first-order valence-corrected chi connectivity index (χ1v) is 14.1. The van der Waals surface area contributed by atoms with Crippen molar-refractivity contribution < 1.29 is 64.5 Å². The molecule has 14 heteroatoms. The number of hydrogen-bond acceptors (Lipinski definition) is 8. The number of carbonyl (C=O) groups excluding carboxylic acids is 4. The van der Waals surface area contributed by atoms with Crippen LogP contribution in [0.3, 0.4) is 0 Å². The average molecular weight is 703 g/mol. The normalized spacial score (nSPS) is 11.2. The van der Waals surface area contributed by atoms with E-state index in [1.807, 2.05) is 0 Å². The first kappa shape index (κ1) is 38.5. The third kappa shape index (κ3) is 9.15. The zero-order valence-corrected chi connectivity index (χ0v) is 27.0. The molecule has 0 heterocycles. The second-order valence-electron chi connectivity index (χ2n) is 10.9. The van der Waals surface area contributed by atoms with Gasteiger partial charge in [0.25, 0.3) is 0 Å². The zero-order chi connectivity index (χ0) is 37.9. The number of halogens is 6. The van der Waals surface area contributed by atoms with Crippen LogP contribution in [0.4, 0.5) is 26.3 Å². The molecule has 8 nitrogen and oxygen atoms in total. The molecule has 0 spiro atoms. The molecule has 0 N–H and O–H groups in total. The Bertz CT molecular complexity index is 1970. The summed E-state index contributed by atoms with van der Waals surface area (Å²) in [4.78, 5) is 49.4. The van der Waals surface area contributed by atoms with Gasteiger partial charge in [0.15, 0.2) is 0 Å². The maximum Gasteiger partial charge on any atom is 0.420 e. The Labute approximate surface area is 281 Å². The molecule has 0 fully saturated rings. The highest BCUT2D eigenvalue weighted by Gasteiger charge is 2.37. The van der Waals surface area contributed by atoms with Gasteiger partial charge in [-0.2, -0.15) is 26.3 Å². The third-order valence-electron chi connectivity index (χ3n) is 6.48. The highest BCUT2D eigenvalue weighted by atomic mass is 19.4. The lowest BCUT2D eigenvalue weighted by atomic mass is 9.93. The summed E-state index contributed by atoms with van der Waals surface area (Å²) in [5.74, 6) is -7.01. The predicted molar refractivity (Wildman–Crippen MR) is 169 cm³/mol. The predicted octanol–water partition coefficient (Wildman–Crippen LogP) is 8.98. The van der Waals surface area contributed by atoms with Gasteiger partial charge < -0.3 is 18.9 Å². The van der Waals surface area contributed by atoms with Gasteiger partial charge in [0.1, 0.15) is 23.0 Å². The molecule has 0 saturated heterocycles. The van der Waals surface area contributed by atoms with E-state index in [-0.39, 0.29) is 33.4 Å². The van der Waals surface area contributed by atoms with Crippen LogP contribution in [-0.4, -0.2) is 23.9 Å². The average Bonchev–Trinajstić information content (AvgIpc) is 3.00. The molecular weight excluding hydrogens is 674 g/mol. The zero-order valence-electron chi connectivity index (χ0n) is 27.0. The molecule has 262 valence electrons. The van der Waals surface area contributed by atoms with Crippen molar-refractivity contribution in [3.63, 3.8) is 0 Å². The second kappa shape index (κ2) is 14.7. The van der Waals surface area contributed by atoms with Crippen LogP contribution in [0.15, 0.2) is 97.1 Å². The molecule has 0 bridgehead atoms. The highest BCUT2D eigenvalue weighted by Crippen LogP contribution is 2.48. The quantitative estimate of drug-likeness (QED) is 0.0893. The number of carbonyl (C=O) groups is 4. The molecule has 0 saturated carbocycles. The summed E-state index contributed by atoms with van der Waals surface area (Å²) in [7, 11) is 0. The van der Waals surface area contributed by atoms with E-state index in [0.717, 1.165) is 36.4 Å². The van der Waals surface area contributed by atoms with E-state index in [4.69, 9.17) is 18.9 Å². The van der Waals surface area contributed by atoms with Gasteiger partial charge in [-0.25, -0.2) is 19.2 Å². The molecule has 50 heavy (non-hydrogen) atoms. The molecule has 0 aromatic heterocycles. The Hall–Kier alpha value is -5.92. The summed E-state index contributed by atoms with van der Waals surface area (Å²) in [6.45, 7) is 18.6. The van der Waals surface area contributed by atoms with Crippen LogP contribution in [0, 0.1) is 0 Å². The van der Waals surface area contributed by atoms with Crippen LogP contribution in [0.2, 0.25) is 0 Å². The van der Waals surface area contributed by atoms with Crippen molar-refractivity contribution in [3.05, 3.63) is 108 Å². The number of ether oxygens (including phenoxy) is 4. The standard InChI is InChI=1S/C36H28F6O8/c1-17(2)31(43)47-22-10-11-23(26(14-22)35(37,38)39)25-16-29(49-33(45)19(5)6)24(15-30(25)50-34(46)20(7)8)21-9-12-28(48-32(44)18(3)4)27(13-21)36(40,41)42/h9-16H,1,3,5,7H2,2,4,6,8H3. The highest BCUT2D eigenvalue weighted by molar-refractivity contribution is 5.95. The topological polar surface area (TPSA) is 105 Å². The van der Waals surface area contributed by atoms with Crippen LogP contribution in [0.1, 0.15) is 38.8 Å². The van der Waals surface area contributed by atoms with Gasteiger partial charge in [-0.05, 0) is 81.3 Å². The summed E-state index contributed by atoms with van der Waals surface area (Å²) in [5.41, 5.74) is -5.44. The Morgan fingerprint density at radius 2 is 0.900 bits per heavy atom. The smallest absolute Gasteiger partial charge is 0.420 e. The fourth-order valence-electron chi connectivity index (χ4n) is 3.98. The first-order valence-electron chi connectivity index (χ1n) is 14.1. The minimum atomic E-state index is -5.12. The van der Waals surface area contributed by atoms with Crippen molar-refractivity contribution in [2.45, 2.75) is 40.0 Å². The Morgan fingerprint density at radius 1 is 0.480 bits per heavy atom. The lowest BCUT2D eigenvalue weighted by Crippen LogP contribution is -2.15. The fraction of sp³-hybridized carbons (Fsp3) is 0.167. The van der Waals surface area contributed by atoms with Crippen molar-refractivity contribution in [3.8, 4) is 45.3 Å². The molecule has 3 aromatic carbocycles. The summed E-state index contributed by atoms with van der Waals surface area (Å²) >= 11 is 0. The number of hydrogen-bond donors (Lipinski definition) is 0.